The van der Waals surface area contributed by atoms with Crippen molar-refractivity contribution < 1.29 is 4.79 Å². The van der Waals surface area contributed by atoms with Crippen LogP contribution in [0.2, 0.25) is 0 Å². The second kappa shape index (κ2) is 6.20. The van der Waals surface area contributed by atoms with E-state index in [0.717, 1.165) is 16.9 Å². The van der Waals surface area contributed by atoms with Gasteiger partial charge in [0.1, 0.15) is 22.9 Å². The number of carbonyl (C=O) groups excluding carboxylic acids is 1. The Morgan fingerprint density at radius 3 is 2.68 bits per heavy atom. The molecule has 4 aromatic rings. The number of nitrogens with zero attached hydrogens (tertiary/aromatic N) is 4. The normalized spacial score (nSPS) is 12.2. The molecule has 2 aromatic carbocycles. The molecule has 7 heteroatoms. The standard InChI is InChI=1S/C18H16N6O/c1-24-10-9-19-17(24)16(12-5-3-2-4-6-12)20-18(25)13-7-8-14-15(11-13)22-23-21-14/h2-11,16H,1H3,(H,20,25)(H,21,22,23)/t16-/m1/s1. The van der Waals surface area contributed by atoms with Crippen molar-refractivity contribution in [2.45, 2.75) is 6.04 Å². The third-order valence-electron chi connectivity index (χ3n) is 4.10. The average Bonchev–Trinajstić information content (AvgIpc) is 3.28. The van der Waals surface area contributed by atoms with E-state index in [-0.39, 0.29) is 11.9 Å². The number of fused-ring (bicyclic) bond motifs is 1. The molecule has 124 valence electrons. The molecule has 2 aromatic heterocycles. The van der Waals surface area contributed by atoms with Gasteiger partial charge in [0.25, 0.3) is 5.91 Å². The molecular weight excluding hydrogens is 316 g/mol. The summed E-state index contributed by atoms with van der Waals surface area (Å²) in [5.74, 6) is 0.573. The number of amides is 1. The van der Waals surface area contributed by atoms with Gasteiger partial charge in [-0.25, -0.2) is 4.98 Å². The zero-order valence-corrected chi connectivity index (χ0v) is 13.5. The van der Waals surface area contributed by atoms with Gasteiger partial charge >= 0.3 is 0 Å². The number of aromatic nitrogens is 5. The second-order valence-electron chi connectivity index (χ2n) is 5.74. The fourth-order valence-electron chi connectivity index (χ4n) is 2.79. The van der Waals surface area contributed by atoms with Crippen LogP contribution >= 0.6 is 0 Å². The van der Waals surface area contributed by atoms with Crippen LogP contribution in [-0.2, 0) is 7.05 Å². The van der Waals surface area contributed by atoms with Crippen molar-refractivity contribution >= 4 is 16.9 Å². The minimum absolute atomic E-state index is 0.193. The highest BCUT2D eigenvalue weighted by atomic mass is 16.1. The highest BCUT2D eigenvalue weighted by Gasteiger charge is 2.21. The molecule has 0 unspecified atom stereocenters. The van der Waals surface area contributed by atoms with E-state index < -0.39 is 0 Å². The number of H-pyrrole nitrogens is 1. The lowest BCUT2D eigenvalue weighted by atomic mass is 10.1. The van der Waals surface area contributed by atoms with E-state index >= 15 is 0 Å². The first kappa shape index (κ1) is 15.1. The summed E-state index contributed by atoms with van der Waals surface area (Å²) in [5.41, 5.74) is 2.87. The maximum atomic E-state index is 12.8. The maximum Gasteiger partial charge on any atom is 0.252 e. The number of aryl methyl sites for hydroxylation is 1. The van der Waals surface area contributed by atoms with Gasteiger partial charge in [0.2, 0.25) is 0 Å². The molecule has 0 bridgehead atoms. The van der Waals surface area contributed by atoms with Gasteiger partial charge in [0.15, 0.2) is 0 Å². The smallest absolute Gasteiger partial charge is 0.252 e. The molecule has 25 heavy (non-hydrogen) atoms. The first-order valence-corrected chi connectivity index (χ1v) is 7.86. The van der Waals surface area contributed by atoms with Crippen LogP contribution in [-0.4, -0.2) is 30.9 Å². The van der Waals surface area contributed by atoms with Crippen molar-refractivity contribution in [3.05, 3.63) is 77.9 Å². The third kappa shape index (κ3) is 2.87. The van der Waals surface area contributed by atoms with Crippen molar-refractivity contribution in [2.75, 3.05) is 0 Å². The summed E-state index contributed by atoms with van der Waals surface area (Å²) in [4.78, 5) is 17.2. The summed E-state index contributed by atoms with van der Waals surface area (Å²) in [5, 5.41) is 13.7. The number of carbonyl (C=O) groups is 1. The molecule has 1 atom stereocenters. The first-order valence-electron chi connectivity index (χ1n) is 7.86. The van der Waals surface area contributed by atoms with Crippen LogP contribution in [0, 0.1) is 0 Å². The minimum atomic E-state index is -0.346. The Morgan fingerprint density at radius 1 is 1.12 bits per heavy atom. The van der Waals surface area contributed by atoms with Crippen molar-refractivity contribution in [1.82, 2.24) is 30.3 Å². The second-order valence-corrected chi connectivity index (χ2v) is 5.74. The topological polar surface area (TPSA) is 88.5 Å². The summed E-state index contributed by atoms with van der Waals surface area (Å²) < 4.78 is 1.90. The molecule has 2 heterocycles. The van der Waals surface area contributed by atoms with Gasteiger partial charge < -0.3 is 9.88 Å². The molecule has 0 aliphatic rings. The molecule has 0 radical (unpaired) electrons. The molecule has 2 N–H and O–H groups in total. The van der Waals surface area contributed by atoms with Gasteiger partial charge in [-0.2, -0.15) is 15.4 Å². The Labute approximate surface area is 143 Å². The largest absolute Gasteiger partial charge is 0.338 e. The molecule has 0 saturated heterocycles. The highest BCUT2D eigenvalue weighted by Crippen LogP contribution is 2.21. The number of hydrogen-bond acceptors (Lipinski definition) is 4. The Bertz CT molecular complexity index is 1020. The predicted molar refractivity (Wildman–Crippen MR) is 92.8 cm³/mol. The number of nitrogens with one attached hydrogen (secondary N) is 2. The van der Waals surface area contributed by atoms with E-state index in [0.29, 0.717) is 11.1 Å². The summed E-state index contributed by atoms with van der Waals surface area (Å²) in [6.45, 7) is 0. The van der Waals surface area contributed by atoms with Crippen molar-refractivity contribution in [3.63, 3.8) is 0 Å². The van der Waals surface area contributed by atoms with E-state index in [1.54, 1.807) is 24.4 Å². The van der Waals surface area contributed by atoms with Gasteiger partial charge in [0, 0.05) is 25.0 Å². The third-order valence-corrected chi connectivity index (χ3v) is 4.10. The maximum absolute atomic E-state index is 12.8. The predicted octanol–water partition coefficient (Wildman–Crippen LogP) is 2.21. The highest BCUT2D eigenvalue weighted by molar-refractivity contribution is 5.97. The van der Waals surface area contributed by atoms with E-state index in [1.165, 1.54) is 0 Å². The van der Waals surface area contributed by atoms with Gasteiger partial charge in [-0.15, -0.1) is 0 Å². The van der Waals surface area contributed by atoms with Crippen molar-refractivity contribution in [1.29, 1.82) is 0 Å². The fourth-order valence-corrected chi connectivity index (χ4v) is 2.79. The number of imidazole rings is 1. The van der Waals surface area contributed by atoms with Crippen LogP contribution in [0.1, 0.15) is 27.8 Å². The van der Waals surface area contributed by atoms with Gasteiger partial charge in [-0.3, -0.25) is 4.79 Å². The van der Waals surface area contributed by atoms with E-state index in [4.69, 9.17) is 0 Å². The van der Waals surface area contributed by atoms with Crippen molar-refractivity contribution in [3.8, 4) is 0 Å². The summed E-state index contributed by atoms with van der Waals surface area (Å²) in [6, 6.07) is 14.7. The van der Waals surface area contributed by atoms with E-state index in [1.807, 2.05) is 48.1 Å². The molecular formula is C18H16N6O. The summed E-state index contributed by atoms with van der Waals surface area (Å²) in [7, 11) is 1.91. The number of rotatable bonds is 4. The molecule has 0 fully saturated rings. The Morgan fingerprint density at radius 2 is 1.92 bits per heavy atom. The van der Waals surface area contributed by atoms with Crippen LogP contribution in [0.5, 0.6) is 0 Å². The Kier molecular flexibility index (Phi) is 3.74. The summed E-state index contributed by atoms with van der Waals surface area (Å²) >= 11 is 0. The molecule has 4 rings (SSSR count). The zero-order chi connectivity index (χ0) is 17.2. The lowest BCUT2D eigenvalue weighted by molar-refractivity contribution is 0.0941. The molecule has 0 spiro atoms. The number of hydrogen-bond donors (Lipinski definition) is 2. The van der Waals surface area contributed by atoms with Gasteiger partial charge in [-0.05, 0) is 23.8 Å². The molecule has 0 aliphatic carbocycles. The number of benzene rings is 2. The van der Waals surface area contributed by atoms with E-state index in [2.05, 4.69) is 25.7 Å². The fraction of sp³-hybridized carbons (Fsp3) is 0.111. The average molecular weight is 332 g/mol. The SMILES string of the molecule is Cn1ccnc1[C@H](NC(=O)c1ccc2n[nH]nc2c1)c1ccccc1. The van der Waals surface area contributed by atoms with E-state index in [9.17, 15) is 4.79 Å². The van der Waals surface area contributed by atoms with Crippen molar-refractivity contribution in [2.24, 2.45) is 7.05 Å². The summed E-state index contributed by atoms with van der Waals surface area (Å²) in [6.07, 6.45) is 3.58. The van der Waals surface area contributed by atoms with Crippen LogP contribution in [0.4, 0.5) is 0 Å². The monoisotopic (exact) mass is 332 g/mol. The van der Waals surface area contributed by atoms with Crippen LogP contribution in [0.3, 0.4) is 0 Å². The van der Waals surface area contributed by atoms with Gasteiger partial charge in [0.05, 0.1) is 0 Å². The quantitative estimate of drug-likeness (QED) is 0.600. The lowest BCUT2D eigenvalue weighted by Crippen LogP contribution is -2.31. The molecule has 0 aliphatic heterocycles. The van der Waals surface area contributed by atoms with Gasteiger partial charge in [-0.1, -0.05) is 30.3 Å². The van der Waals surface area contributed by atoms with Crippen LogP contribution in [0.15, 0.2) is 60.9 Å². The minimum Gasteiger partial charge on any atom is -0.338 e. The van der Waals surface area contributed by atoms with Crippen LogP contribution in [0.25, 0.3) is 11.0 Å². The molecule has 0 saturated carbocycles. The molecule has 1 amide bonds. The number of aromatic amines is 1. The van der Waals surface area contributed by atoms with Crippen LogP contribution < -0.4 is 5.32 Å². The Hall–Kier alpha value is -3.48. The first-order chi connectivity index (χ1) is 12.2. The zero-order valence-electron chi connectivity index (χ0n) is 13.5. The Balaban J connectivity index is 1.68. The lowest BCUT2D eigenvalue weighted by Gasteiger charge is -2.19. The molecule has 7 nitrogen and oxygen atoms in total.